The van der Waals surface area contributed by atoms with E-state index in [4.69, 9.17) is 9.47 Å². The molecular weight excluding hydrogens is 282 g/mol. The molecule has 0 fully saturated rings. The average molecular weight is 299 g/mol. The number of hydrogen-bond acceptors (Lipinski definition) is 4. The van der Waals surface area contributed by atoms with E-state index in [0.717, 1.165) is 22.6 Å². The van der Waals surface area contributed by atoms with Gasteiger partial charge in [0.15, 0.2) is 11.5 Å². The van der Waals surface area contributed by atoms with E-state index in [0.29, 0.717) is 26.3 Å². The van der Waals surface area contributed by atoms with Crippen LogP contribution in [0, 0.1) is 0 Å². The molecule has 114 valence electrons. The van der Waals surface area contributed by atoms with E-state index in [1.165, 1.54) is 0 Å². The van der Waals surface area contributed by atoms with Gasteiger partial charge in [-0.3, -0.25) is 4.98 Å². The number of amides is 2. The highest BCUT2D eigenvalue weighted by atomic mass is 16.6. The van der Waals surface area contributed by atoms with E-state index >= 15 is 0 Å². The third kappa shape index (κ3) is 3.66. The Morgan fingerprint density at radius 1 is 1.05 bits per heavy atom. The Bertz CT molecular complexity index is 646. The first-order chi connectivity index (χ1) is 10.8. The van der Waals surface area contributed by atoms with Crippen LogP contribution in [0.2, 0.25) is 0 Å². The molecule has 6 heteroatoms. The minimum atomic E-state index is -0.223. The fourth-order valence-electron chi connectivity index (χ4n) is 2.13. The first-order valence-corrected chi connectivity index (χ1v) is 7.10. The molecular formula is C16H17N3O3. The largest absolute Gasteiger partial charge is 0.486 e. The van der Waals surface area contributed by atoms with Crippen LogP contribution in [0.4, 0.5) is 4.79 Å². The van der Waals surface area contributed by atoms with E-state index in [9.17, 15) is 4.79 Å². The molecule has 2 N–H and O–H groups in total. The van der Waals surface area contributed by atoms with Gasteiger partial charge in [-0.1, -0.05) is 12.1 Å². The second-order valence-corrected chi connectivity index (χ2v) is 4.88. The third-order valence-corrected chi connectivity index (χ3v) is 3.24. The number of nitrogens with one attached hydrogen (secondary N) is 2. The molecule has 1 aromatic heterocycles. The van der Waals surface area contributed by atoms with Crippen molar-refractivity contribution in [2.24, 2.45) is 0 Å². The standard InChI is InChI=1S/C16H17N3O3/c20-16(19-11-13-2-1-5-17-9-13)18-10-12-3-4-14-15(8-12)22-7-6-21-14/h1-5,8-9H,6-7,10-11H2,(H2,18,19,20). The van der Waals surface area contributed by atoms with Gasteiger partial charge >= 0.3 is 6.03 Å². The zero-order valence-corrected chi connectivity index (χ0v) is 12.0. The number of aromatic nitrogens is 1. The van der Waals surface area contributed by atoms with Crippen molar-refractivity contribution in [2.75, 3.05) is 13.2 Å². The Morgan fingerprint density at radius 3 is 2.59 bits per heavy atom. The molecule has 3 rings (SSSR count). The molecule has 0 bridgehead atoms. The molecule has 22 heavy (non-hydrogen) atoms. The Labute approximate surface area is 128 Å². The van der Waals surface area contributed by atoms with Crippen molar-refractivity contribution in [3.8, 4) is 11.5 Å². The van der Waals surface area contributed by atoms with Gasteiger partial charge in [0, 0.05) is 25.5 Å². The van der Waals surface area contributed by atoms with Crippen LogP contribution in [0.5, 0.6) is 11.5 Å². The van der Waals surface area contributed by atoms with Gasteiger partial charge in [0.25, 0.3) is 0 Å². The molecule has 1 aromatic carbocycles. The third-order valence-electron chi connectivity index (χ3n) is 3.24. The molecule has 2 heterocycles. The van der Waals surface area contributed by atoms with Crippen LogP contribution >= 0.6 is 0 Å². The molecule has 0 unspecified atom stereocenters. The Hall–Kier alpha value is -2.76. The van der Waals surface area contributed by atoms with Gasteiger partial charge in [-0.2, -0.15) is 0 Å². The summed E-state index contributed by atoms with van der Waals surface area (Å²) in [6, 6.07) is 9.18. The first kappa shape index (κ1) is 14.2. The Kier molecular flexibility index (Phi) is 4.38. The number of ether oxygens (including phenoxy) is 2. The second-order valence-electron chi connectivity index (χ2n) is 4.88. The Morgan fingerprint density at radius 2 is 1.82 bits per heavy atom. The summed E-state index contributed by atoms with van der Waals surface area (Å²) < 4.78 is 11.0. The lowest BCUT2D eigenvalue weighted by atomic mass is 10.2. The average Bonchev–Trinajstić information content (AvgIpc) is 2.59. The summed E-state index contributed by atoms with van der Waals surface area (Å²) in [7, 11) is 0. The summed E-state index contributed by atoms with van der Waals surface area (Å²) in [5, 5.41) is 5.59. The highest BCUT2D eigenvalue weighted by Gasteiger charge is 2.11. The number of benzene rings is 1. The van der Waals surface area contributed by atoms with Crippen molar-refractivity contribution in [2.45, 2.75) is 13.1 Å². The van der Waals surface area contributed by atoms with Crippen molar-refractivity contribution in [3.63, 3.8) is 0 Å². The molecule has 0 radical (unpaired) electrons. The molecule has 1 aliphatic rings. The number of rotatable bonds is 4. The lowest BCUT2D eigenvalue weighted by molar-refractivity contribution is 0.171. The van der Waals surface area contributed by atoms with E-state index in [1.807, 2.05) is 30.3 Å². The van der Waals surface area contributed by atoms with Crippen molar-refractivity contribution in [1.82, 2.24) is 15.6 Å². The van der Waals surface area contributed by atoms with Gasteiger partial charge in [0.1, 0.15) is 13.2 Å². The normalized spacial score (nSPS) is 12.5. The SMILES string of the molecule is O=C(NCc1cccnc1)NCc1ccc2c(c1)OCCO2. The summed E-state index contributed by atoms with van der Waals surface area (Å²) in [4.78, 5) is 15.8. The molecule has 6 nitrogen and oxygen atoms in total. The van der Waals surface area contributed by atoms with Gasteiger partial charge in [-0.05, 0) is 29.3 Å². The second kappa shape index (κ2) is 6.80. The number of carbonyl (C=O) groups excluding carboxylic acids is 1. The molecule has 0 aliphatic carbocycles. The monoisotopic (exact) mass is 299 g/mol. The number of hydrogen-bond donors (Lipinski definition) is 2. The van der Waals surface area contributed by atoms with Crippen molar-refractivity contribution >= 4 is 6.03 Å². The van der Waals surface area contributed by atoms with Crippen LogP contribution in [-0.4, -0.2) is 24.2 Å². The lowest BCUT2D eigenvalue weighted by Gasteiger charge is -2.19. The van der Waals surface area contributed by atoms with Gasteiger partial charge in [0.05, 0.1) is 0 Å². The van der Waals surface area contributed by atoms with E-state index < -0.39 is 0 Å². The van der Waals surface area contributed by atoms with Crippen LogP contribution in [-0.2, 0) is 13.1 Å². The predicted molar refractivity (Wildman–Crippen MR) is 80.7 cm³/mol. The van der Waals surface area contributed by atoms with Crippen LogP contribution in [0.15, 0.2) is 42.7 Å². The molecule has 2 amide bonds. The van der Waals surface area contributed by atoms with Crippen molar-refractivity contribution in [1.29, 1.82) is 0 Å². The van der Waals surface area contributed by atoms with E-state index in [2.05, 4.69) is 15.6 Å². The van der Waals surface area contributed by atoms with Gasteiger partial charge < -0.3 is 20.1 Å². The number of carbonyl (C=O) groups is 1. The number of fused-ring (bicyclic) bond motifs is 1. The lowest BCUT2D eigenvalue weighted by Crippen LogP contribution is -2.34. The fraction of sp³-hybridized carbons (Fsp3) is 0.250. The van der Waals surface area contributed by atoms with E-state index in [1.54, 1.807) is 12.4 Å². The number of urea groups is 1. The predicted octanol–water partition coefficient (Wildman–Crippen LogP) is 1.85. The maximum Gasteiger partial charge on any atom is 0.315 e. The highest BCUT2D eigenvalue weighted by molar-refractivity contribution is 5.73. The summed E-state index contributed by atoms with van der Waals surface area (Å²) >= 11 is 0. The minimum absolute atomic E-state index is 0.223. The van der Waals surface area contributed by atoms with Crippen LogP contribution in [0.25, 0.3) is 0 Å². The van der Waals surface area contributed by atoms with Crippen LogP contribution in [0.1, 0.15) is 11.1 Å². The number of pyridine rings is 1. The molecule has 0 atom stereocenters. The molecule has 0 saturated carbocycles. The first-order valence-electron chi connectivity index (χ1n) is 7.10. The quantitative estimate of drug-likeness (QED) is 0.904. The van der Waals surface area contributed by atoms with Gasteiger partial charge in [-0.15, -0.1) is 0 Å². The van der Waals surface area contributed by atoms with Gasteiger partial charge in [0.2, 0.25) is 0 Å². The van der Waals surface area contributed by atoms with Crippen LogP contribution in [0.3, 0.4) is 0 Å². The maximum atomic E-state index is 11.8. The zero-order chi connectivity index (χ0) is 15.2. The minimum Gasteiger partial charge on any atom is -0.486 e. The smallest absolute Gasteiger partial charge is 0.315 e. The summed E-state index contributed by atoms with van der Waals surface area (Å²) in [5.41, 5.74) is 1.91. The molecule has 1 aliphatic heterocycles. The maximum absolute atomic E-state index is 11.8. The fourth-order valence-corrected chi connectivity index (χ4v) is 2.13. The van der Waals surface area contributed by atoms with Crippen LogP contribution < -0.4 is 20.1 Å². The topological polar surface area (TPSA) is 72.5 Å². The van der Waals surface area contributed by atoms with Crippen molar-refractivity contribution in [3.05, 3.63) is 53.9 Å². The molecule has 2 aromatic rings. The summed E-state index contributed by atoms with van der Waals surface area (Å²) in [6.07, 6.45) is 3.42. The highest BCUT2D eigenvalue weighted by Crippen LogP contribution is 2.30. The van der Waals surface area contributed by atoms with E-state index in [-0.39, 0.29) is 6.03 Å². The Balaban J connectivity index is 1.48. The molecule has 0 saturated heterocycles. The summed E-state index contributed by atoms with van der Waals surface area (Å²) in [6.45, 7) is 1.99. The summed E-state index contributed by atoms with van der Waals surface area (Å²) in [5.74, 6) is 1.47. The van der Waals surface area contributed by atoms with Gasteiger partial charge in [-0.25, -0.2) is 4.79 Å². The molecule has 0 spiro atoms. The van der Waals surface area contributed by atoms with Crippen molar-refractivity contribution < 1.29 is 14.3 Å². The zero-order valence-electron chi connectivity index (χ0n) is 12.0. The number of nitrogens with zero attached hydrogens (tertiary/aromatic N) is 1.